The number of pyridine rings is 6. The molecule has 0 atom stereocenters. The minimum Gasteiger partial charge on any atom is -0.506 e. The van der Waals surface area contributed by atoms with Crippen molar-refractivity contribution in [2.75, 3.05) is 73.1 Å². The number of aryl methyl sites for hydroxylation is 15. The first-order chi connectivity index (χ1) is 69.2. The second-order valence-electron chi connectivity index (χ2n) is 34.7. The third-order valence-electron chi connectivity index (χ3n) is 26.4. The van der Waals surface area contributed by atoms with Crippen molar-refractivity contribution in [2.24, 2.45) is 0 Å². The largest absolute Gasteiger partial charge is 0.534 e. The van der Waals surface area contributed by atoms with Gasteiger partial charge in [0.25, 0.3) is 0 Å². The Morgan fingerprint density at radius 1 is 0.465 bits per heavy atom. The Balaban J connectivity index is 0.000000117. The predicted molar refractivity (Wildman–Crippen MR) is 542 cm³/mol. The number of nitro groups is 1. The van der Waals surface area contributed by atoms with E-state index >= 15 is 0 Å². The maximum absolute atomic E-state index is 12.5. The number of carbonyl (C=O) groups excluding carboxylic acids is 4. The first-order valence-electron chi connectivity index (χ1n) is 46.6. The number of Topliss-reactive ketones (excluding diaryl/α,β-unsaturated/α-hetero) is 3. The summed E-state index contributed by atoms with van der Waals surface area (Å²) < 4.78 is 117. The van der Waals surface area contributed by atoms with Crippen molar-refractivity contribution < 1.29 is 107 Å². The number of carbonyl (C=O) groups is 4. The average Bonchev–Trinajstić information content (AvgIpc) is 1.60. The molecule has 9 aromatic carbocycles. The highest BCUT2D eigenvalue weighted by Crippen LogP contribution is 2.50. The molecular formula is C106H101BClF3N9O22PS. The van der Waals surface area contributed by atoms with E-state index in [2.05, 4.69) is 63.7 Å². The molecule has 744 valence electrons. The number of nitrogens with zero attached hydrogens (tertiary/aromatic N) is 6. The number of aromatic nitrogens is 6. The van der Waals surface area contributed by atoms with E-state index in [4.69, 9.17) is 54.8 Å². The molecule has 0 saturated carbocycles. The maximum atomic E-state index is 12.5. The van der Waals surface area contributed by atoms with Crippen LogP contribution < -0.4 is 54.7 Å². The lowest BCUT2D eigenvalue weighted by molar-refractivity contribution is -0.386. The summed E-state index contributed by atoms with van der Waals surface area (Å²) in [5.74, 6) is 2.82. The number of ketones is 3. The van der Waals surface area contributed by atoms with Crippen LogP contribution in [-0.4, -0.2) is 156 Å². The molecule has 15 aromatic rings. The van der Waals surface area contributed by atoms with Crippen molar-refractivity contribution in [1.82, 2.24) is 29.9 Å². The minimum atomic E-state index is -5.69. The van der Waals surface area contributed by atoms with Gasteiger partial charge in [-0.2, -0.15) is 21.6 Å². The second kappa shape index (κ2) is 43.7. The molecule has 0 radical (unpaired) electrons. The molecule has 0 saturated heterocycles. The second-order valence-corrected chi connectivity index (χ2v) is 38.6. The summed E-state index contributed by atoms with van der Waals surface area (Å²) in [6.45, 7) is 3.70. The van der Waals surface area contributed by atoms with Crippen LogP contribution in [0.1, 0.15) is 148 Å². The number of methoxy groups -OCH3 is 6. The number of halogens is 4. The number of aromatic hydroxyl groups is 1. The summed E-state index contributed by atoms with van der Waals surface area (Å²) in [6, 6.07) is 44.6. The van der Waals surface area contributed by atoms with Crippen molar-refractivity contribution in [2.45, 2.75) is 135 Å². The van der Waals surface area contributed by atoms with Gasteiger partial charge in [0.2, 0.25) is 11.5 Å². The van der Waals surface area contributed by atoms with Gasteiger partial charge in [0, 0.05) is 99.0 Å². The molecule has 0 unspecified atom stereocenters. The van der Waals surface area contributed by atoms with E-state index in [1.54, 1.807) is 97.1 Å². The molecule has 1 amide bonds. The number of amides is 1. The summed E-state index contributed by atoms with van der Waals surface area (Å²) in [5, 5.41) is 48.8. The monoisotopic (exact) mass is 2020 g/mol. The number of phenolic OH excluding ortho intramolecular Hbond substituents is 1. The smallest absolute Gasteiger partial charge is 0.506 e. The fraction of sp³-hybridized carbons (Fsp3) is 0.283. The number of nitro benzene ring substituents is 1. The molecule has 7 N–H and O–H groups in total. The quantitative estimate of drug-likeness (QED) is 0.00720. The summed E-state index contributed by atoms with van der Waals surface area (Å²) in [5.41, 5.74) is 24.7. The standard InChI is InChI=1S/C16H22NO6P.C12H10ClNO.C12H8F3NO3S.C12H11NO2.C12H11NO.C11H10BNO2.C11H9NO.C10H9NO4.C10H11NO2/c1-4-22-24(20,23-5-2)10-14(19)17-16-13(21-3)9-7-11-6-8-12(18)15(11)16;1-15-9-5-4-7-2-3-8-6-10(13)14-12(9)11(7)8;13-12(14,15)20(17,18)19-9-4-3-7-1-2-8-5-6-16-11(9)10(7)8;1-15-9-5-4-7-2-3-8-6-10(14)13-12(9)11(7)8;1-14-10-5-4-8-2-3-9-6-7-13-12(10)11(8)9;14-12(15)9-4-3-7-1-2-8-5-6-13-11(9)10(7)8;13-9-4-3-7-1-2-8-5-6-12-11(9)10(7)8;1-15-8-5-3-6-2-4-7(12)9(6)10(8)11(13)14;1-13-8-5-3-6-2-4-7(12)9(6)10(8)11/h7,9H,4-6,8,10H2,1-3H3,(H,17,19);4-6H,2-3H2,1H3;3-6H,1-2H2;4-6H,2-3H2,1H3,(H,13,14);4-7H,2-3H2,1H3;3-6,14-15H,1-2H2;3-6,13H,1-2H2;3,5H,2,4H2,1H3;3,5H,2,4,11H2,1H3. The lowest BCUT2D eigenvalue weighted by Gasteiger charge is -2.18. The number of fused-ring (bicyclic) bond motifs is 3. The number of phenols is 1. The highest BCUT2D eigenvalue weighted by atomic mass is 35.5. The molecule has 9 aliphatic carbocycles. The van der Waals surface area contributed by atoms with Crippen molar-refractivity contribution >= 4 is 148 Å². The molecule has 0 spiro atoms. The van der Waals surface area contributed by atoms with Gasteiger partial charge in [-0.25, -0.2) is 4.98 Å². The molecule has 0 aliphatic heterocycles. The molecule has 24 rings (SSSR count). The number of hydrogen-bond acceptors (Lipinski definition) is 28. The number of nitrogen functional groups attached to an aromatic ring is 1. The Kier molecular flexibility index (Phi) is 31.1. The first-order valence-corrected chi connectivity index (χ1v) is 50.1. The van der Waals surface area contributed by atoms with Gasteiger partial charge >= 0.3 is 36.0 Å². The van der Waals surface area contributed by atoms with E-state index in [0.717, 1.165) is 167 Å². The zero-order chi connectivity index (χ0) is 102. The SMILES string of the molecule is CCOP(=O)(CC(=O)Nc1c(OC)ccc2c1C(=O)CC2)OCC.COc1ccc2c(c1N)C(=O)CC2.COc1ccc2c(c1[N+](=O)[O-])C(=O)CC2.COc1ccc2c3c(cc(=O)[nH]c13)CC2.COc1ccc2c3c(cc(Cl)nc13)CC2.COc1ccc2c3c(ccnc13)CC2.O=S(=O)(Oc1ccc2c3c(ccnc13)CC2)C(F)(F)F.OB(O)c1ccc2c3c(ccnc13)CC2.Oc1ccc2c3c(ccnc13)CC2. The molecular weight excluding hydrogens is 1920 g/mol. The van der Waals surface area contributed by atoms with E-state index in [9.17, 15) is 75.4 Å². The third kappa shape index (κ3) is 21.2. The van der Waals surface area contributed by atoms with Gasteiger partial charge in [0.15, 0.2) is 28.8 Å². The van der Waals surface area contributed by atoms with E-state index in [0.29, 0.717) is 87.9 Å². The van der Waals surface area contributed by atoms with Crippen LogP contribution in [0, 0.1) is 10.1 Å². The van der Waals surface area contributed by atoms with Crippen molar-refractivity contribution in [3.8, 4) is 46.0 Å². The lowest BCUT2D eigenvalue weighted by atomic mass is 9.78. The van der Waals surface area contributed by atoms with Crippen LogP contribution in [0.3, 0.4) is 0 Å². The molecule has 0 bridgehead atoms. The third-order valence-corrected chi connectivity index (χ3v) is 29.5. The van der Waals surface area contributed by atoms with Gasteiger partial charge in [-0.05, 0) is 272 Å². The molecule has 38 heteroatoms. The fourth-order valence-corrected chi connectivity index (χ4v) is 22.0. The lowest BCUT2D eigenvalue weighted by Crippen LogP contribution is -2.31. The van der Waals surface area contributed by atoms with Crippen LogP contribution in [0.5, 0.6) is 46.0 Å². The zero-order valence-electron chi connectivity index (χ0n) is 79.8. The number of ether oxygens (including phenoxy) is 6. The van der Waals surface area contributed by atoms with E-state index in [-0.39, 0.29) is 58.6 Å². The Hall–Kier alpha value is -14.5. The van der Waals surface area contributed by atoms with E-state index < -0.39 is 53.1 Å². The zero-order valence-corrected chi connectivity index (χ0v) is 82.3. The van der Waals surface area contributed by atoms with E-state index in [1.165, 1.54) is 104 Å². The van der Waals surface area contributed by atoms with Gasteiger partial charge in [-0.15, -0.1) is 0 Å². The van der Waals surface area contributed by atoms with Crippen LogP contribution >= 0.6 is 19.2 Å². The predicted octanol–water partition coefficient (Wildman–Crippen LogP) is 17.8. The molecule has 0 fully saturated rings. The van der Waals surface area contributed by atoms with Gasteiger partial charge in [0.1, 0.15) is 73.4 Å². The number of anilines is 2. The van der Waals surface area contributed by atoms with Gasteiger partial charge in [-0.3, -0.25) is 58.6 Å². The maximum Gasteiger partial charge on any atom is 0.534 e. The van der Waals surface area contributed by atoms with Crippen molar-refractivity contribution in [3.63, 3.8) is 0 Å². The Morgan fingerprint density at radius 2 is 0.826 bits per heavy atom. The number of aromatic amines is 1. The van der Waals surface area contributed by atoms with Gasteiger partial charge in [0.05, 0.1) is 83.2 Å². The van der Waals surface area contributed by atoms with E-state index in [1.807, 2.05) is 72.9 Å². The van der Waals surface area contributed by atoms with Crippen LogP contribution in [-0.2, 0) is 125 Å². The van der Waals surface area contributed by atoms with Crippen molar-refractivity contribution in [3.05, 3.63) is 296 Å². The van der Waals surface area contributed by atoms with Crippen LogP contribution in [0.15, 0.2) is 175 Å². The number of H-pyrrole nitrogens is 1. The number of benzene rings is 9. The van der Waals surface area contributed by atoms with Gasteiger partial charge in [-0.1, -0.05) is 72.3 Å². The summed E-state index contributed by atoms with van der Waals surface area (Å²) in [7, 11) is -1.29. The van der Waals surface area contributed by atoms with Crippen LogP contribution in [0.25, 0.3) is 65.4 Å². The Morgan fingerprint density at radius 3 is 1.32 bits per heavy atom. The number of hydrogen-bond donors (Lipinski definition) is 6. The summed E-state index contributed by atoms with van der Waals surface area (Å²) in [6.07, 6.45) is 21.9. The van der Waals surface area contributed by atoms with Crippen LogP contribution in [0.2, 0.25) is 5.15 Å². The molecule has 6 aromatic heterocycles. The average molecular weight is 2020 g/mol. The molecule has 6 heterocycles. The first kappa shape index (κ1) is 102. The molecule has 31 nitrogen and oxygen atoms in total. The topological polar surface area (TPSA) is 442 Å². The number of alkyl halides is 3. The highest BCUT2D eigenvalue weighted by molar-refractivity contribution is 7.88. The molecule has 144 heavy (non-hydrogen) atoms. The highest BCUT2D eigenvalue weighted by Gasteiger charge is 2.49. The molecule has 9 aliphatic rings. The van der Waals surface area contributed by atoms with Gasteiger partial charge < -0.3 is 72.8 Å². The number of rotatable bonds is 17. The Labute approximate surface area is 829 Å². The minimum absolute atomic E-state index is 0.0444. The van der Waals surface area contributed by atoms with Crippen LogP contribution in [0.4, 0.5) is 30.2 Å². The summed E-state index contributed by atoms with van der Waals surface area (Å²) in [4.78, 5) is 93.1. The Bertz CT molecular complexity index is 7840. The fourth-order valence-electron chi connectivity index (χ4n) is 19.9. The number of nitrogens with one attached hydrogen (secondary N) is 2. The normalized spacial score (nSPS) is 13.8. The number of nitrogens with two attached hydrogens (primary N) is 1. The summed E-state index contributed by atoms with van der Waals surface area (Å²) >= 11 is 5.99. The van der Waals surface area contributed by atoms with Crippen molar-refractivity contribution in [1.29, 1.82) is 0 Å².